The fourth-order valence-corrected chi connectivity index (χ4v) is 2.10. The predicted octanol–water partition coefficient (Wildman–Crippen LogP) is 2.85. The van der Waals surface area contributed by atoms with E-state index in [2.05, 4.69) is 15.9 Å². The molecule has 112 valence electrons. The molecule has 1 fully saturated rings. The van der Waals surface area contributed by atoms with Crippen LogP contribution in [0.25, 0.3) is 0 Å². The molecule has 5 nitrogen and oxygen atoms in total. The van der Waals surface area contributed by atoms with Crippen LogP contribution in [0.2, 0.25) is 0 Å². The van der Waals surface area contributed by atoms with Gasteiger partial charge in [-0.1, -0.05) is 15.9 Å². The van der Waals surface area contributed by atoms with Crippen LogP contribution in [0.15, 0.2) is 21.5 Å². The highest BCUT2D eigenvalue weighted by atomic mass is 79.9. The van der Waals surface area contributed by atoms with E-state index in [0.717, 1.165) is 37.6 Å². The minimum atomic E-state index is -0.191. The molecule has 1 aromatic rings. The van der Waals surface area contributed by atoms with E-state index in [-0.39, 0.29) is 24.1 Å². The van der Waals surface area contributed by atoms with Crippen LogP contribution in [0, 0.1) is 0 Å². The molecule has 0 amide bonds. The topological polar surface area (TPSA) is 57.9 Å². The van der Waals surface area contributed by atoms with Gasteiger partial charge in [0.05, 0.1) is 6.61 Å². The van der Waals surface area contributed by atoms with Gasteiger partial charge in [-0.3, -0.25) is 4.79 Å². The first-order valence-electron chi connectivity index (χ1n) is 6.83. The van der Waals surface area contributed by atoms with Gasteiger partial charge < -0.3 is 18.6 Å². The molecule has 20 heavy (non-hydrogen) atoms. The second-order valence-electron chi connectivity index (χ2n) is 4.57. The van der Waals surface area contributed by atoms with Crippen LogP contribution in [0.1, 0.15) is 31.4 Å². The van der Waals surface area contributed by atoms with E-state index in [9.17, 15) is 4.79 Å². The highest BCUT2D eigenvalue weighted by Crippen LogP contribution is 2.16. The zero-order chi connectivity index (χ0) is 14.2. The van der Waals surface area contributed by atoms with E-state index in [1.165, 1.54) is 12.3 Å². The Bertz CT molecular complexity index is 453. The summed E-state index contributed by atoms with van der Waals surface area (Å²) in [6.45, 7) is 1.46. The number of halogens is 1. The van der Waals surface area contributed by atoms with Gasteiger partial charge in [0.15, 0.2) is 6.29 Å². The van der Waals surface area contributed by atoms with Gasteiger partial charge in [-0.25, -0.2) is 0 Å². The van der Waals surface area contributed by atoms with Gasteiger partial charge in [-0.05, 0) is 25.7 Å². The van der Waals surface area contributed by atoms with Crippen LogP contribution in [0.5, 0.6) is 5.75 Å². The molecule has 1 unspecified atom stereocenters. The molecule has 0 saturated carbocycles. The van der Waals surface area contributed by atoms with Gasteiger partial charge in [0.2, 0.25) is 11.2 Å². The lowest BCUT2D eigenvalue weighted by Gasteiger charge is -2.22. The van der Waals surface area contributed by atoms with Crippen molar-refractivity contribution in [1.29, 1.82) is 0 Å². The molecule has 1 aromatic heterocycles. The molecule has 0 N–H and O–H groups in total. The summed E-state index contributed by atoms with van der Waals surface area (Å²) in [6, 6.07) is 1.41. The zero-order valence-electron chi connectivity index (χ0n) is 11.3. The molecule has 0 radical (unpaired) electrons. The summed E-state index contributed by atoms with van der Waals surface area (Å²) in [6.07, 6.45) is 5.06. The maximum atomic E-state index is 11.8. The molecule has 0 bridgehead atoms. The Morgan fingerprint density at radius 2 is 2.30 bits per heavy atom. The SMILES string of the molecule is O=c1cc(COC2CCCCO2)occ1OCCCBr. The predicted molar refractivity (Wildman–Crippen MR) is 77.3 cm³/mol. The van der Waals surface area contributed by atoms with Crippen LogP contribution < -0.4 is 10.2 Å². The highest BCUT2D eigenvalue weighted by molar-refractivity contribution is 9.09. The number of rotatable bonds is 7. The Hall–Kier alpha value is -0.850. The quantitative estimate of drug-likeness (QED) is 0.561. The Morgan fingerprint density at radius 1 is 1.40 bits per heavy atom. The monoisotopic (exact) mass is 346 g/mol. The van der Waals surface area contributed by atoms with Crippen LogP contribution in [0.4, 0.5) is 0 Å². The first kappa shape index (κ1) is 15.5. The average Bonchev–Trinajstić information content (AvgIpc) is 2.48. The third-order valence-corrected chi connectivity index (χ3v) is 3.50. The van der Waals surface area contributed by atoms with Crippen molar-refractivity contribution in [3.63, 3.8) is 0 Å². The highest BCUT2D eigenvalue weighted by Gasteiger charge is 2.15. The van der Waals surface area contributed by atoms with E-state index in [1.807, 2.05) is 0 Å². The Labute approximate surface area is 126 Å². The lowest BCUT2D eigenvalue weighted by Crippen LogP contribution is -2.22. The Morgan fingerprint density at radius 3 is 3.00 bits per heavy atom. The third-order valence-electron chi connectivity index (χ3n) is 2.94. The molecule has 2 heterocycles. The largest absolute Gasteiger partial charge is 0.487 e. The minimum Gasteiger partial charge on any atom is -0.487 e. The summed E-state index contributed by atoms with van der Waals surface area (Å²) in [5.74, 6) is 0.723. The van der Waals surface area contributed by atoms with Crippen LogP contribution in [0.3, 0.4) is 0 Å². The summed E-state index contributed by atoms with van der Waals surface area (Å²) in [7, 11) is 0. The maximum absolute atomic E-state index is 11.8. The molecule has 0 aromatic carbocycles. The Kier molecular flexibility index (Phi) is 6.56. The van der Waals surface area contributed by atoms with Crippen molar-refractivity contribution in [3.05, 3.63) is 28.3 Å². The summed E-state index contributed by atoms with van der Waals surface area (Å²) in [4.78, 5) is 11.8. The van der Waals surface area contributed by atoms with Gasteiger partial charge in [-0.2, -0.15) is 0 Å². The molecule has 1 aliphatic rings. The summed E-state index contributed by atoms with van der Waals surface area (Å²) in [5.41, 5.74) is -0.186. The fraction of sp³-hybridized carbons (Fsp3) is 0.643. The van der Waals surface area contributed by atoms with Gasteiger partial charge in [0, 0.05) is 18.0 Å². The molecule has 0 spiro atoms. The van der Waals surface area contributed by atoms with E-state index in [0.29, 0.717) is 12.4 Å². The van der Waals surface area contributed by atoms with Crippen LogP contribution in [-0.4, -0.2) is 24.8 Å². The molecule has 6 heteroatoms. The first-order valence-corrected chi connectivity index (χ1v) is 7.95. The van der Waals surface area contributed by atoms with E-state index >= 15 is 0 Å². The smallest absolute Gasteiger partial charge is 0.227 e. The Balaban J connectivity index is 1.83. The summed E-state index contributed by atoms with van der Waals surface area (Å²) < 4.78 is 21.7. The van der Waals surface area contributed by atoms with Crippen LogP contribution in [-0.2, 0) is 16.1 Å². The normalized spacial score (nSPS) is 18.9. The molecule has 1 atom stereocenters. The molecular formula is C14H19BrO5. The summed E-state index contributed by atoms with van der Waals surface area (Å²) in [5, 5.41) is 0.839. The lowest BCUT2D eigenvalue weighted by atomic mass is 10.2. The van der Waals surface area contributed by atoms with Gasteiger partial charge in [0.25, 0.3) is 0 Å². The molecule has 2 rings (SSSR count). The lowest BCUT2D eigenvalue weighted by molar-refractivity contribution is -0.171. The minimum absolute atomic E-state index is 0.186. The van der Waals surface area contributed by atoms with Crippen molar-refractivity contribution in [2.75, 3.05) is 18.5 Å². The molecule has 0 aliphatic carbocycles. The van der Waals surface area contributed by atoms with Crippen molar-refractivity contribution in [1.82, 2.24) is 0 Å². The second-order valence-corrected chi connectivity index (χ2v) is 5.37. The third kappa shape index (κ3) is 4.92. The van der Waals surface area contributed by atoms with Crippen molar-refractivity contribution in [2.45, 2.75) is 38.6 Å². The van der Waals surface area contributed by atoms with Gasteiger partial charge in [-0.15, -0.1) is 0 Å². The number of alkyl halides is 1. The molecule has 1 saturated heterocycles. The molecule has 1 aliphatic heterocycles. The summed E-state index contributed by atoms with van der Waals surface area (Å²) >= 11 is 3.30. The van der Waals surface area contributed by atoms with Crippen LogP contribution >= 0.6 is 15.9 Å². The van der Waals surface area contributed by atoms with E-state index in [4.69, 9.17) is 18.6 Å². The van der Waals surface area contributed by atoms with Crippen molar-refractivity contribution in [3.8, 4) is 5.75 Å². The van der Waals surface area contributed by atoms with Crippen molar-refractivity contribution >= 4 is 15.9 Å². The van der Waals surface area contributed by atoms with Crippen molar-refractivity contribution in [2.24, 2.45) is 0 Å². The van der Waals surface area contributed by atoms with Gasteiger partial charge in [0.1, 0.15) is 18.6 Å². The van der Waals surface area contributed by atoms with E-state index in [1.54, 1.807) is 0 Å². The first-order chi connectivity index (χ1) is 9.79. The standard InChI is InChI=1S/C14H19BrO5/c15-5-3-7-17-13-10-19-11(8-12(13)16)9-20-14-4-1-2-6-18-14/h8,10,14H,1-7,9H2. The fourth-order valence-electron chi connectivity index (χ4n) is 1.87. The molecular weight excluding hydrogens is 328 g/mol. The zero-order valence-corrected chi connectivity index (χ0v) is 12.9. The maximum Gasteiger partial charge on any atom is 0.227 e. The number of ether oxygens (including phenoxy) is 3. The van der Waals surface area contributed by atoms with Crippen molar-refractivity contribution < 1.29 is 18.6 Å². The average molecular weight is 347 g/mol. The number of hydrogen-bond donors (Lipinski definition) is 0. The number of hydrogen-bond acceptors (Lipinski definition) is 5. The van der Waals surface area contributed by atoms with E-state index < -0.39 is 0 Å². The van der Waals surface area contributed by atoms with Gasteiger partial charge >= 0.3 is 0 Å². The second kappa shape index (κ2) is 8.44.